The van der Waals surface area contributed by atoms with Gasteiger partial charge in [0, 0.05) is 11.1 Å². The lowest BCUT2D eigenvalue weighted by Crippen LogP contribution is -2.01. The predicted octanol–water partition coefficient (Wildman–Crippen LogP) is 2.08. The Morgan fingerprint density at radius 2 is 1.56 bits per heavy atom. The fourth-order valence-corrected chi connectivity index (χ4v) is 2.17. The van der Waals surface area contributed by atoms with Crippen LogP contribution in [0, 0.1) is 0 Å². The van der Waals surface area contributed by atoms with Crippen molar-refractivity contribution >= 4 is 5.71 Å². The second-order valence-corrected chi connectivity index (χ2v) is 3.75. The third kappa shape index (κ3) is 1.05. The summed E-state index contributed by atoms with van der Waals surface area (Å²) in [7, 11) is 0. The van der Waals surface area contributed by atoms with Crippen molar-refractivity contribution in [3.63, 3.8) is 0 Å². The van der Waals surface area contributed by atoms with Gasteiger partial charge in [-0.25, -0.2) is 0 Å². The standard InChI is InChI=1S/C13H10N2O/c14-15-13-10-4-2-1-3-9(10)12-7-8(16)5-6-11(12)13/h1-7,16H,14H2/b15-13+. The lowest BCUT2D eigenvalue weighted by Gasteiger charge is -1.99. The van der Waals surface area contributed by atoms with Gasteiger partial charge in [0.2, 0.25) is 0 Å². The highest BCUT2D eigenvalue weighted by atomic mass is 16.3. The van der Waals surface area contributed by atoms with Crippen LogP contribution in [0.15, 0.2) is 47.6 Å². The minimum absolute atomic E-state index is 0.256. The third-order valence-corrected chi connectivity index (χ3v) is 2.86. The summed E-state index contributed by atoms with van der Waals surface area (Å²) < 4.78 is 0. The summed E-state index contributed by atoms with van der Waals surface area (Å²) in [5, 5.41) is 13.3. The minimum Gasteiger partial charge on any atom is -0.508 e. The van der Waals surface area contributed by atoms with Crippen molar-refractivity contribution in [2.45, 2.75) is 0 Å². The minimum atomic E-state index is 0.256. The average Bonchev–Trinajstić information content (AvgIpc) is 2.62. The fraction of sp³-hybridized carbons (Fsp3) is 0. The van der Waals surface area contributed by atoms with E-state index < -0.39 is 0 Å². The molecule has 2 aromatic carbocycles. The van der Waals surface area contributed by atoms with Gasteiger partial charge in [0.1, 0.15) is 5.75 Å². The molecule has 2 aromatic rings. The van der Waals surface area contributed by atoms with E-state index >= 15 is 0 Å². The summed E-state index contributed by atoms with van der Waals surface area (Å²) >= 11 is 0. The molecule has 0 aliphatic heterocycles. The molecule has 0 atom stereocenters. The summed E-state index contributed by atoms with van der Waals surface area (Å²) in [5.41, 5.74) is 4.83. The molecule has 3 rings (SSSR count). The number of rotatable bonds is 0. The van der Waals surface area contributed by atoms with Crippen LogP contribution >= 0.6 is 0 Å². The molecule has 3 nitrogen and oxygen atoms in total. The van der Waals surface area contributed by atoms with E-state index in [0.29, 0.717) is 0 Å². The molecular weight excluding hydrogens is 200 g/mol. The normalized spacial score (nSPS) is 14.9. The number of fused-ring (bicyclic) bond motifs is 3. The molecule has 16 heavy (non-hydrogen) atoms. The Morgan fingerprint density at radius 1 is 0.875 bits per heavy atom. The van der Waals surface area contributed by atoms with Crippen LogP contribution in [-0.2, 0) is 0 Å². The molecule has 0 fully saturated rings. The van der Waals surface area contributed by atoms with E-state index in [1.807, 2.05) is 30.3 Å². The Kier molecular flexibility index (Phi) is 1.74. The van der Waals surface area contributed by atoms with Crippen LogP contribution in [0.5, 0.6) is 5.75 Å². The molecule has 0 heterocycles. The first-order valence-electron chi connectivity index (χ1n) is 5.02. The second-order valence-electron chi connectivity index (χ2n) is 3.75. The van der Waals surface area contributed by atoms with Gasteiger partial charge in [0.05, 0.1) is 5.71 Å². The maximum absolute atomic E-state index is 9.51. The number of hydrogen-bond acceptors (Lipinski definition) is 3. The smallest absolute Gasteiger partial charge is 0.116 e. The summed E-state index contributed by atoms with van der Waals surface area (Å²) in [6, 6.07) is 13.1. The first-order chi connectivity index (χ1) is 7.81. The summed E-state index contributed by atoms with van der Waals surface area (Å²) in [6.45, 7) is 0. The highest BCUT2D eigenvalue weighted by molar-refractivity contribution is 6.24. The van der Waals surface area contributed by atoms with Gasteiger partial charge in [0.15, 0.2) is 0 Å². The van der Waals surface area contributed by atoms with Crippen LogP contribution in [0.3, 0.4) is 0 Å². The van der Waals surface area contributed by atoms with Gasteiger partial charge < -0.3 is 10.9 Å². The molecule has 3 N–H and O–H groups in total. The fourth-order valence-electron chi connectivity index (χ4n) is 2.17. The first-order valence-corrected chi connectivity index (χ1v) is 5.02. The van der Waals surface area contributed by atoms with E-state index in [1.54, 1.807) is 12.1 Å². The molecule has 0 spiro atoms. The van der Waals surface area contributed by atoms with Crippen molar-refractivity contribution in [1.29, 1.82) is 0 Å². The van der Waals surface area contributed by atoms with Gasteiger partial charge in [-0.3, -0.25) is 0 Å². The van der Waals surface area contributed by atoms with E-state index in [2.05, 4.69) is 5.10 Å². The number of phenols is 1. The molecule has 1 aliphatic rings. The zero-order valence-corrected chi connectivity index (χ0v) is 8.51. The lowest BCUT2D eigenvalue weighted by molar-refractivity contribution is 0.475. The highest BCUT2D eigenvalue weighted by Crippen LogP contribution is 2.38. The Balaban J connectivity index is 2.40. The number of hydrazone groups is 1. The van der Waals surface area contributed by atoms with E-state index in [4.69, 9.17) is 5.84 Å². The van der Waals surface area contributed by atoms with Gasteiger partial charge >= 0.3 is 0 Å². The molecule has 78 valence electrons. The van der Waals surface area contributed by atoms with Crippen LogP contribution < -0.4 is 5.84 Å². The zero-order chi connectivity index (χ0) is 11.1. The number of benzene rings is 2. The van der Waals surface area contributed by atoms with E-state index in [-0.39, 0.29) is 5.75 Å². The largest absolute Gasteiger partial charge is 0.508 e. The van der Waals surface area contributed by atoms with Crippen LogP contribution in [-0.4, -0.2) is 10.8 Å². The highest BCUT2D eigenvalue weighted by Gasteiger charge is 2.24. The number of nitrogens with two attached hydrogens (primary N) is 1. The molecule has 3 heteroatoms. The van der Waals surface area contributed by atoms with Gasteiger partial charge in [-0.05, 0) is 29.3 Å². The van der Waals surface area contributed by atoms with Crippen molar-refractivity contribution in [1.82, 2.24) is 0 Å². The quantitative estimate of drug-likeness (QED) is 0.441. The summed E-state index contributed by atoms with van der Waals surface area (Å²) in [5.74, 6) is 5.68. The van der Waals surface area contributed by atoms with Crippen LogP contribution in [0.2, 0.25) is 0 Å². The third-order valence-electron chi connectivity index (χ3n) is 2.86. The van der Waals surface area contributed by atoms with Crippen molar-refractivity contribution in [3.8, 4) is 16.9 Å². The average molecular weight is 210 g/mol. The summed E-state index contributed by atoms with van der Waals surface area (Å²) in [4.78, 5) is 0. The van der Waals surface area contributed by atoms with Crippen molar-refractivity contribution in [2.24, 2.45) is 10.9 Å². The molecule has 0 radical (unpaired) electrons. The monoisotopic (exact) mass is 210 g/mol. The molecule has 0 bridgehead atoms. The maximum Gasteiger partial charge on any atom is 0.116 e. The van der Waals surface area contributed by atoms with E-state index in [0.717, 1.165) is 28.0 Å². The lowest BCUT2D eigenvalue weighted by atomic mass is 10.1. The Bertz CT molecular complexity index is 603. The van der Waals surface area contributed by atoms with Crippen molar-refractivity contribution < 1.29 is 5.11 Å². The number of nitrogens with zero attached hydrogens (tertiary/aromatic N) is 1. The molecule has 0 aromatic heterocycles. The van der Waals surface area contributed by atoms with Crippen molar-refractivity contribution in [2.75, 3.05) is 0 Å². The second kappa shape index (κ2) is 3.10. The first kappa shape index (κ1) is 8.97. The molecule has 0 amide bonds. The van der Waals surface area contributed by atoms with E-state index in [9.17, 15) is 5.11 Å². The number of phenolic OH excluding ortho intramolecular Hbond substituents is 1. The topological polar surface area (TPSA) is 58.6 Å². The molecule has 0 saturated carbocycles. The SMILES string of the molecule is N/N=C1\c2ccccc2-c2cc(O)ccc21. The van der Waals surface area contributed by atoms with E-state index in [1.165, 1.54) is 0 Å². The molecule has 1 aliphatic carbocycles. The van der Waals surface area contributed by atoms with Crippen LogP contribution in [0.25, 0.3) is 11.1 Å². The van der Waals surface area contributed by atoms with Crippen LogP contribution in [0.1, 0.15) is 11.1 Å². The maximum atomic E-state index is 9.51. The Hall–Kier alpha value is -2.29. The van der Waals surface area contributed by atoms with Crippen molar-refractivity contribution in [3.05, 3.63) is 53.6 Å². The Labute approximate surface area is 92.8 Å². The number of hydrogen-bond donors (Lipinski definition) is 2. The van der Waals surface area contributed by atoms with Gasteiger partial charge in [-0.15, -0.1) is 0 Å². The molecule has 0 saturated heterocycles. The summed E-state index contributed by atoms with van der Waals surface area (Å²) in [6.07, 6.45) is 0. The predicted molar refractivity (Wildman–Crippen MR) is 63.4 cm³/mol. The molecule has 0 unspecified atom stereocenters. The van der Waals surface area contributed by atoms with Gasteiger partial charge in [0.25, 0.3) is 0 Å². The van der Waals surface area contributed by atoms with Crippen LogP contribution in [0.4, 0.5) is 0 Å². The zero-order valence-electron chi connectivity index (χ0n) is 8.51. The van der Waals surface area contributed by atoms with Gasteiger partial charge in [-0.2, -0.15) is 5.10 Å². The Morgan fingerprint density at radius 3 is 2.31 bits per heavy atom. The molecular formula is C13H10N2O. The number of aromatic hydroxyl groups is 1. The van der Waals surface area contributed by atoms with Gasteiger partial charge in [-0.1, -0.05) is 24.3 Å².